The number of esters is 1. The molecule has 3 rings (SSSR count). The molecule has 0 aliphatic carbocycles. The van der Waals surface area contributed by atoms with Crippen LogP contribution in [0.1, 0.15) is 35.7 Å². The first kappa shape index (κ1) is 21.1. The molecule has 0 spiro atoms. The molecule has 1 amide bonds. The highest BCUT2D eigenvalue weighted by Crippen LogP contribution is 2.36. The molecule has 0 bridgehead atoms. The Bertz CT molecular complexity index is 968. The Morgan fingerprint density at radius 2 is 1.79 bits per heavy atom. The predicted octanol–water partition coefficient (Wildman–Crippen LogP) is 6.21. The van der Waals surface area contributed by atoms with Crippen molar-refractivity contribution < 1.29 is 14.3 Å². The summed E-state index contributed by atoms with van der Waals surface area (Å²) in [7, 11) is 0. The second kappa shape index (κ2) is 10.2. The van der Waals surface area contributed by atoms with Gasteiger partial charge in [0.25, 0.3) is 0 Å². The maximum atomic E-state index is 12.6. The van der Waals surface area contributed by atoms with E-state index in [2.05, 4.69) is 5.32 Å². The molecule has 29 heavy (non-hydrogen) atoms. The average Bonchev–Trinajstić information content (AvgIpc) is 3.14. The van der Waals surface area contributed by atoms with Crippen molar-refractivity contribution in [2.75, 3.05) is 11.9 Å². The number of carbonyl (C=O) groups is 2. The summed E-state index contributed by atoms with van der Waals surface area (Å²) in [6, 6.07) is 17.2. The first-order chi connectivity index (χ1) is 14.1. The maximum Gasteiger partial charge on any atom is 0.341 e. The summed E-state index contributed by atoms with van der Waals surface area (Å²) < 4.78 is 5.22. The van der Waals surface area contributed by atoms with Crippen LogP contribution in [0.2, 0.25) is 5.02 Å². The van der Waals surface area contributed by atoms with Gasteiger partial charge in [0.05, 0.1) is 6.61 Å². The lowest BCUT2D eigenvalue weighted by Gasteiger charge is -2.09. The van der Waals surface area contributed by atoms with Gasteiger partial charge in [-0.15, -0.1) is 11.3 Å². The molecule has 3 aromatic rings. The summed E-state index contributed by atoms with van der Waals surface area (Å²) in [6.45, 7) is 2.04. The van der Waals surface area contributed by atoms with Gasteiger partial charge in [0.15, 0.2) is 0 Å². The zero-order chi connectivity index (χ0) is 20.6. The predicted molar refractivity (Wildman–Crippen MR) is 119 cm³/mol. The number of ether oxygens (including phenoxy) is 1. The second-order valence-electron chi connectivity index (χ2n) is 6.47. The van der Waals surface area contributed by atoms with E-state index in [1.54, 1.807) is 6.92 Å². The third kappa shape index (κ3) is 5.68. The van der Waals surface area contributed by atoms with Gasteiger partial charge in [0.2, 0.25) is 5.91 Å². The molecule has 6 heteroatoms. The lowest BCUT2D eigenvalue weighted by molar-refractivity contribution is -0.116. The topological polar surface area (TPSA) is 55.4 Å². The summed E-state index contributed by atoms with van der Waals surface area (Å²) in [5, 5.41) is 6.00. The molecule has 0 aliphatic heterocycles. The molecule has 0 unspecified atom stereocenters. The molecule has 4 nitrogen and oxygen atoms in total. The molecule has 0 atom stereocenters. The van der Waals surface area contributed by atoms with E-state index in [9.17, 15) is 9.59 Å². The van der Waals surface area contributed by atoms with Crippen molar-refractivity contribution >= 4 is 39.8 Å². The zero-order valence-corrected chi connectivity index (χ0v) is 17.7. The van der Waals surface area contributed by atoms with E-state index in [1.165, 1.54) is 11.3 Å². The number of carbonyl (C=O) groups excluding carboxylic acids is 2. The lowest BCUT2D eigenvalue weighted by atomic mass is 10.0. The van der Waals surface area contributed by atoms with Crippen molar-refractivity contribution in [3.63, 3.8) is 0 Å². The standard InChI is InChI=1S/C23H22ClNO3S/c1-2-28-23(27)21-19(17-8-4-3-5-9-17)15-29-22(21)25-20(26)10-6-7-16-11-13-18(24)14-12-16/h3-5,8-9,11-15H,2,6-7,10H2,1H3,(H,25,26). The fourth-order valence-corrected chi connectivity index (χ4v) is 4.08. The fraction of sp³-hybridized carbons (Fsp3) is 0.217. The van der Waals surface area contributed by atoms with Gasteiger partial charge < -0.3 is 10.1 Å². The van der Waals surface area contributed by atoms with Crippen LogP contribution >= 0.6 is 22.9 Å². The van der Waals surface area contributed by atoms with E-state index >= 15 is 0 Å². The molecule has 1 heterocycles. The Morgan fingerprint density at radius 3 is 2.48 bits per heavy atom. The van der Waals surface area contributed by atoms with Crippen LogP contribution < -0.4 is 5.32 Å². The quantitative estimate of drug-likeness (QED) is 0.435. The second-order valence-corrected chi connectivity index (χ2v) is 7.78. The fourth-order valence-electron chi connectivity index (χ4n) is 2.98. The van der Waals surface area contributed by atoms with Gasteiger partial charge in [-0.1, -0.05) is 54.1 Å². The maximum absolute atomic E-state index is 12.6. The lowest BCUT2D eigenvalue weighted by Crippen LogP contribution is -2.14. The molecular weight excluding hydrogens is 406 g/mol. The molecule has 1 N–H and O–H groups in total. The average molecular weight is 428 g/mol. The smallest absolute Gasteiger partial charge is 0.341 e. The van der Waals surface area contributed by atoms with Crippen LogP contribution in [0, 0.1) is 0 Å². The number of halogens is 1. The van der Waals surface area contributed by atoms with E-state index in [0.29, 0.717) is 28.4 Å². The van der Waals surface area contributed by atoms with Gasteiger partial charge in [-0.25, -0.2) is 4.79 Å². The van der Waals surface area contributed by atoms with Crippen molar-refractivity contribution in [1.29, 1.82) is 0 Å². The number of benzene rings is 2. The van der Waals surface area contributed by atoms with Crippen LogP contribution in [0.4, 0.5) is 5.00 Å². The Morgan fingerprint density at radius 1 is 1.07 bits per heavy atom. The van der Waals surface area contributed by atoms with Gasteiger partial charge >= 0.3 is 5.97 Å². The summed E-state index contributed by atoms with van der Waals surface area (Å²) in [5.41, 5.74) is 3.23. The molecule has 0 radical (unpaired) electrons. The molecule has 0 saturated carbocycles. The normalized spacial score (nSPS) is 10.6. The van der Waals surface area contributed by atoms with Crippen LogP contribution in [0.25, 0.3) is 11.1 Å². The third-order valence-electron chi connectivity index (χ3n) is 4.39. The number of amides is 1. The number of nitrogens with one attached hydrogen (secondary N) is 1. The van der Waals surface area contributed by atoms with Crippen molar-refractivity contribution in [1.82, 2.24) is 0 Å². The third-order valence-corrected chi connectivity index (χ3v) is 5.54. The number of aryl methyl sites for hydroxylation is 1. The summed E-state index contributed by atoms with van der Waals surface area (Å²) in [4.78, 5) is 25.0. The van der Waals surface area contributed by atoms with E-state index in [0.717, 1.165) is 23.1 Å². The zero-order valence-electron chi connectivity index (χ0n) is 16.1. The van der Waals surface area contributed by atoms with Crippen LogP contribution in [0.15, 0.2) is 60.0 Å². The molecule has 150 valence electrons. The van der Waals surface area contributed by atoms with E-state index in [4.69, 9.17) is 16.3 Å². The number of rotatable bonds is 8. The molecular formula is C23H22ClNO3S. The number of hydrogen-bond donors (Lipinski definition) is 1. The van der Waals surface area contributed by atoms with E-state index in [-0.39, 0.29) is 12.5 Å². The van der Waals surface area contributed by atoms with Crippen molar-refractivity contribution in [3.05, 3.63) is 76.1 Å². The molecule has 0 saturated heterocycles. The Labute approximate surface area is 179 Å². The van der Waals surface area contributed by atoms with Crippen LogP contribution in [-0.4, -0.2) is 18.5 Å². The first-order valence-corrected chi connectivity index (χ1v) is 10.7. The van der Waals surface area contributed by atoms with Crippen molar-refractivity contribution in [2.45, 2.75) is 26.2 Å². The van der Waals surface area contributed by atoms with Gasteiger partial charge in [0, 0.05) is 22.4 Å². The van der Waals surface area contributed by atoms with Crippen molar-refractivity contribution in [2.24, 2.45) is 0 Å². The van der Waals surface area contributed by atoms with Crippen LogP contribution in [-0.2, 0) is 16.0 Å². The monoisotopic (exact) mass is 427 g/mol. The molecule has 0 aliphatic rings. The summed E-state index contributed by atoms with van der Waals surface area (Å²) in [5.74, 6) is -0.546. The highest BCUT2D eigenvalue weighted by Gasteiger charge is 2.22. The minimum atomic E-state index is -0.427. The van der Waals surface area contributed by atoms with E-state index < -0.39 is 5.97 Å². The highest BCUT2D eigenvalue weighted by atomic mass is 35.5. The van der Waals surface area contributed by atoms with Crippen LogP contribution in [0.3, 0.4) is 0 Å². The number of hydrogen-bond acceptors (Lipinski definition) is 4. The minimum Gasteiger partial charge on any atom is -0.462 e. The molecule has 2 aromatic carbocycles. The largest absolute Gasteiger partial charge is 0.462 e. The van der Waals surface area contributed by atoms with Gasteiger partial charge in [0.1, 0.15) is 10.6 Å². The molecule has 1 aromatic heterocycles. The minimum absolute atomic E-state index is 0.119. The number of anilines is 1. The van der Waals surface area contributed by atoms with Crippen LogP contribution in [0.5, 0.6) is 0 Å². The first-order valence-electron chi connectivity index (χ1n) is 9.46. The van der Waals surface area contributed by atoms with Gasteiger partial charge in [-0.3, -0.25) is 4.79 Å². The highest BCUT2D eigenvalue weighted by molar-refractivity contribution is 7.15. The SMILES string of the molecule is CCOC(=O)c1c(-c2ccccc2)csc1NC(=O)CCCc1ccc(Cl)cc1. The Kier molecular flexibility index (Phi) is 7.44. The van der Waals surface area contributed by atoms with Gasteiger partial charge in [-0.2, -0.15) is 0 Å². The van der Waals surface area contributed by atoms with E-state index in [1.807, 2.05) is 60.0 Å². The Balaban J connectivity index is 1.69. The summed E-state index contributed by atoms with van der Waals surface area (Å²) >= 11 is 7.23. The summed E-state index contributed by atoms with van der Waals surface area (Å²) in [6.07, 6.45) is 1.86. The van der Waals surface area contributed by atoms with Crippen molar-refractivity contribution in [3.8, 4) is 11.1 Å². The van der Waals surface area contributed by atoms with Gasteiger partial charge in [-0.05, 0) is 43.0 Å². The molecule has 0 fully saturated rings. The number of thiophene rings is 1. The Hall–Kier alpha value is -2.63.